The predicted octanol–water partition coefficient (Wildman–Crippen LogP) is 0.474. The molecule has 0 fully saturated rings. The van der Waals surface area contributed by atoms with Crippen LogP contribution in [-0.4, -0.2) is 34.5 Å². The zero-order valence-corrected chi connectivity index (χ0v) is 7.98. The van der Waals surface area contributed by atoms with Crippen molar-refractivity contribution in [2.75, 3.05) is 13.2 Å². The van der Waals surface area contributed by atoms with E-state index in [4.69, 9.17) is 15.3 Å². The minimum absolute atomic E-state index is 0.0509. The molecular weight excluding hydrogens is 188 g/mol. The van der Waals surface area contributed by atoms with Crippen molar-refractivity contribution in [2.45, 2.75) is 25.7 Å². The van der Waals surface area contributed by atoms with Crippen molar-refractivity contribution in [1.29, 1.82) is 0 Å². The summed E-state index contributed by atoms with van der Waals surface area (Å²) >= 11 is 0. The van der Waals surface area contributed by atoms with Gasteiger partial charge in [-0.3, -0.25) is 0 Å². The van der Waals surface area contributed by atoms with E-state index in [0.29, 0.717) is 0 Å². The molecule has 0 amide bonds. The van der Waals surface area contributed by atoms with Gasteiger partial charge in [0.25, 0.3) is 0 Å². The Bertz CT molecular complexity index is 182. The molecule has 5 nitrogen and oxygen atoms in total. The number of unbranched alkanes of at least 4 members (excludes halogenated alkanes) is 3. The summed E-state index contributed by atoms with van der Waals surface area (Å²) in [6.45, 7) is 0.566. The van der Waals surface area contributed by atoms with Gasteiger partial charge in [0, 0.05) is 13.2 Å². The Balaban J connectivity index is 0.000000249. The van der Waals surface area contributed by atoms with E-state index in [1.807, 2.05) is 0 Å². The summed E-state index contributed by atoms with van der Waals surface area (Å²) in [6.07, 6.45) is 5.01. The number of ether oxygens (including phenoxy) is 1. The van der Waals surface area contributed by atoms with Crippen LogP contribution in [0.3, 0.4) is 0 Å². The molecule has 0 atom stereocenters. The summed E-state index contributed by atoms with van der Waals surface area (Å²) in [6, 6.07) is 0. The fourth-order valence-electron chi connectivity index (χ4n) is 0.707. The Morgan fingerprint density at radius 3 is 1.71 bits per heavy atom. The van der Waals surface area contributed by atoms with Crippen LogP contribution in [0.5, 0.6) is 0 Å². The second-order valence-corrected chi connectivity index (χ2v) is 2.77. The molecule has 82 valence electrons. The summed E-state index contributed by atoms with van der Waals surface area (Å²) in [7, 11) is 0. The van der Waals surface area contributed by atoms with Crippen molar-refractivity contribution in [3.8, 4) is 0 Å². The molecule has 0 aromatic rings. The minimum atomic E-state index is -0.991. The molecule has 0 aromatic carbocycles. The van der Waals surface area contributed by atoms with Crippen LogP contribution in [0.25, 0.3) is 0 Å². The molecule has 0 saturated carbocycles. The van der Waals surface area contributed by atoms with Crippen molar-refractivity contribution >= 4 is 5.97 Å². The maximum absolute atomic E-state index is 9.57. The molecule has 0 bridgehead atoms. The monoisotopic (exact) mass is 204 g/mol. The lowest BCUT2D eigenvalue weighted by molar-refractivity contribution is -0.133. The van der Waals surface area contributed by atoms with Gasteiger partial charge >= 0.3 is 5.97 Å². The molecule has 3 N–H and O–H groups in total. The van der Waals surface area contributed by atoms with Gasteiger partial charge in [-0.15, -0.1) is 0 Å². The number of hydrogen-bond donors (Lipinski definition) is 3. The third-order valence-corrected chi connectivity index (χ3v) is 1.51. The second kappa shape index (κ2) is 8.52. The highest BCUT2D eigenvalue weighted by atomic mass is 16.6. The molecule has 5 heteroatoms. The van der Waals surface area contributed by atoms with Gasteiger partial charge in [-0.05, 0) is 12.8 Å². The number of carbonyl (C=O) groups is 1. The van der Waals surface area contributed by atoms with E-state index in [9.17, 15) is 4.79 Å². The van der Waals surface area contributed by atoms with Gasteiger partial charge in [-0.1, -0.05) is 12.8 Å². The molecule has 1 aliphatic heterocycles. The van der Waals surface area contributed by atoms with Crippen LogP contribution >= 0.6 is 0 Å². The van der Waals surface area contributed by atoms with Crippen molar-refractivity contribution < 1.29 is 24.9 Å². The van der Waals surface area contributed by atoms with E-state index in [2.05, 4.69) is 4.74 Å². The van der Waals surface area contributed by atoms with Crippen LogP contribution in [0.2, 0.25) is 0 Å². The number of aliphatic hydroxyl groups is 2. The van der Waals surface area contributed by atoms with Crippen molar-refractivity contribution in [2.24, 2.45) is 0 Å². The van der Waals surface area contributed by atoms with Gasteiger partial charge in [0.05, 0.1) is 0 Å². The maximum Gasteiger partial charge on any atom is 0.375 e. The largest absolute Gasteiger partial charge is 0.475 e. The number of aliphatic hydroxyl groups excluding tert-OH is 2. The summed E-state index contributed by atoms with van der Waals surface area (Å²) in [5, 5.41) is 24.5. The normalized spacial score (nSPS) is 12.0. The third kappa shape index (κ3) is 9.02. The van der Waals surface area contributed by atoms with E-state index in [-0.39, 0.29) is 19.0 Å². The zero-order valence-electron chi connectivity index (χ0n) is 7.98. The van der Waals surface area contributed by atoms with Crippen molar-refractivity contribution in [3.05, 3.63) is 12.0 Å². The van der Waals surface area contributed by atoms with Crippen LogP contribution in [0.15, 0.2) is 12.0 Å². The Morgan fingerprint density at radius 1 is 1.14 bits per heavy atom. The second-order valence-electron chi connectivity index (χ2n) is 2.77. The Labute approximate surface area is 82.6 Å². The molecule has 0 unspecified atom stereocenters. The van der Waals surface area contributed by atoms with Gasteiger partial charge in [-0.2, -0.15) is 0 Å². The molecular formula is C9H16O5. The van der Waals surface area contributed by atoms with Gasteiger partial charge in [0.2, 0.25) is 5.76 Å². The first-order valence-electron chi connectivity index (χ1n) is 4.54. The summed E-state index contributed by atoms with van der Waals surface area (Å²) in [5.74, 6) is -0.940. The maximum atomic E-state index is 9.57. The van der Waals surface area contributed by atoms with E-state index >= 15 is 0 Å². The molecule has 0 radical (unpaired) electrons. The Morgan fingerprint density at radius 2 is 1.57 bits per heavy atom. The molecule has 0 spiro atoms. The van der Waals surface area contributed by atoms with Gasteiger partial charge < -0.3 is 20.1 Å². The molecule has 0 aromatic heterocycles. The molecule has 0 aliphatic carbocycles. The first-order valence-corrected chi connectivity index (χ1v) is 4.54. The van der Waals surface area contributed by atoms with Crippen LogP contribution in [0.1, 0.15) is 25.7 Å². The molecule has 0 saturated heterocycles. The third-order valence-electron chi connectivity index (χ3n) is 1.51. The minimum Gasteiger partial charge on any atom is -0.475 e. The highest BCUT2D eigenvalue weighted by molar-refractivity contribution is 5.86. The van der Waals surface area contributed by atoms with Gasteiger partial charge in [0.15, 0.2) is 0 Å². The quantitative estimate of drug-likeness (QED) is 0.547. The number of carboxylic acid groups (broad SMARTS) is 1. The molecule has 1 heterocycles. The average molecular weight is 204 g/mol. The van der Waals surface area contributed by atoms with E-state index < -0.39 is 5.97 Å². The fourth-order valence-corrected chi connectivity index (χ4v) is 0.707. The van der Waals surface area contributed by atoms with Crippen molar-refractivity contribution in [1.82, 2.24) is 0 Å². The molecule has 1 rings (SSSR count). The smallest absolute Gasteiger partial charge is 0.375 e. The topological polar surface area (TPSA) is 90.3 Å². The van der Waals surface area contributed by atoms with Crippen LogP contribution < -0.4 is 0 Å². The first kappa shape index (κ1) is 12.9. The lowest BCUT2D eigenvalue weighted by atomic mass is 10.2. The number of carboxylic acids is 1. The van der Waals surface area contributed by atoms with E-state index in [1.54, 1.807) is 0 Å². The van der Waals surface area contributed by atoms with Crippen molar-refractivity contribution in [3.63, 3.8) is 0 Å². The number of hydrogen-bond acceptors (Lipinski definition) is 4. The summed E-state index contributed by atoms with van der Waals surface area (Å²) < 4.78 is 4.16. The highest BCUT2D eigenvalue weighted by Gasteiger charge is 2.17. The van der Waals surface area contributed by atoms with Gasteiger partial charge in [-0.25, -0.2) is 4.79 Å². The molecule has 14 heavy (non-hydrogen) atoms. The SMILES string of the molecule is O=C(O)C1=CO1.OCCCCCCO. The number of rotatable bonds is 6. The Hall–Kier alpha value is -1.07. The first-order chi connectivity index (χ1) is 6.72. The highest BCUT2D eigenvalue weighted by Crippen LogP contribution is 2.11. The summed E-state index contributed by atoms with van der Waals surface area (Å²) in [5.41, 5.74) is 0. The zero-order chi connectivity index (χ0) is 10.8. The Kier molecular flexibility index (Phi) is 7.87. The number of aliphatic carboxylic acids is 1. The van der Waals surface area contributed by atoms with Crippen LogP contribution in [-0.2, 0) is 9.53 Å². The standard InChI is InChI=1S/C6H14O2.C3H2O3/c7-5-3-1-2-4-6-8;4-3(5)2-1-6-2/h7-8H,1-6H2;1H,(H,4,5). The predicted molar refractivity (Wildman–Crippen MR) is 49.4 cm³/mol. The lowest BCUT2D eigenvalue weighted by Gasteiger charge is -1.93. The fraction of sp³-hybridized carbons (Fsp3) is 0.667. The van der Waals surface area contributed by atoms with Crippen LogP contribution in [0, 0.1) is 0 Å². The molecule has 1 aliphatic rings. The average Bonchev–Trinajstić information content (AvgIpc) is 2.96. The van der Waals surface area contributed by atoms with E-state index in [0.717, 1.165) is 25.7 Å². The van der Waals surface area contributed by atoms with Gasteiger partial charge in [0.1, 0.15) is 6.26 Å². The summed E-state index contributed by atoms with van der Waals surface area (Å²) in [4.78, 5) is 9.57. The van der Waals surface area contributed by atoms with E-state index in [1.165, 1.54) is 6.26 Å². The lowest BCUT2D eigenvalue weighted by Crippen LogP contribution is -1.88. The van der Waals surface area contributed by atoms with Crippen LogP contribution in [0.4, 0.5) is 0 Å².